The van der Waals surface area contributed by atoms with E-state index in [0.29, 0.717) is 36.2 Å². The molecule has 2 amide bonds. The monoisotopic (exact) mass is 483 g/mol. The Morgan fingerprint density at radius 2 is 2.09 bits per heavy atom. The third kappa shape index (κ3) is 5.34. The second-order valence-corrected chi connectivity index (χ2v) is 10.3. The second kappa shape index (κ2) is 9.89. The molecule has 7 nitrogen and oxygen atoms in total. The Hall–Kier alpha value is -2.97. The van der Waals surface area contributed by atoms with E-state index in [-0.39, 0.29) is 17.7 Å². The molecule has 0 aliphatic carbocycles. The predicted molar refractivity (Wildman–Crippen MR) is 133 cm³/mol. The summed E-state index contributed by atoms with van der Waals surface area (Å²) in [5.41, 5.74) is 7.63. The molecular formula is C24H26ClN5O2S. The molecule has 1 saturated heterocycles. The number of aromatic nitrogens is 2. The van der Waals surface area contributed by atoms with Gasteiger partial charge in [0.2, 0.25) is 11.8 Å². The molecule has 0 spiro atoms. The molecule has 1 aromatic carbocycles. The summed E-state index contributed by atoms with van der Waals surface area (Å²) in [6, 6.07) is 8.95. The van der Waals surface area contributed by atoms with Crippen LogP contribution in [-0.4, -0.2) is 50.7 Å². The Bertz CT molecular complexity index is 1210. The molecule has 3 heterocycles. The Kier molecular flexibility index (Phi) is 6.95. The van der Waals surface area contributed by atoms with Gasteiger partial charge in [-0.15, -0.1) is 11.3 Å². The quantitative estimate of drug-likeness (QED) is 0.530. The van der Waals surface area contributed by atoms with Crippen molar-refractivity contribution in [2.45, 2.75) is 32.9 Å². The van der Waals surface area contributed by atoms with Crippen LogP contribution >= 0.6 is 22.9 Å². The highest BCUT2D eigenvalue weighted by molar-refractivity contribution is 7.17. The average molecular weight is 484 g/mol. The molecule has 2 N–H and O–H groups in total. The van der Waals surface area contributed by atoms with Crippen LogP contribution in [0.15, 0.2) is 42.7 Å². The molecule has 1 aliphatic heterocycles. The first-order chi connectivity index (χ1) is 15.8. The maximum atomic E-state index is 13.4. The summed E-state index contributed by atoms with van der Waals surface area (Å²) < 4.78 is 0.673. The zero-order valence-electron chi connectivity index (χ0n) is 18.6. The third-order valence-corrected chi connectivity index (χ3v) is 6.85. The van der Waals surface area contributed by atoms with Gasteiger partial charge in [0.05, 0.1) is 9.85 Å². The minimum atomic E-state index is -0.485. The number of hydrogen-bond donors (Lipinski definition) is 1. The first-order valence-corrected chi connectivity index (χ1v) is 12.0. The van der Waals surface area contributed by atoms with Gasteiger partial charge >= 0.3 is 0 Å². The van der Waals surface area contributed by atoms with Gasteiger partial charge in [0.25, 0.3) is 0 Å². The highest BCUT2D eigenvalue weighted by atomic mass is 35.5. The normalized spacial score (nSPS) is 17.0. The van der Waals surface area contributed by atoms with Crippen LogP contribution in [0.1, 0.15) is 30.7 Å². The minimum absolute atomic E-state index is 0.0295. The zero-order valence-corrected chi connectivity index (χ0v) is 20.1. The fourth-order valence-electron chi connectivity index (χ4n) is 4.04. The van der Waals surface area contributed by atoms with E-state index in [9.17, 15) is 9.59 Å². The topological polar surface area (TPSA) is 92.4 Å². The zero-order chi connectivity index (χ0) is 23.5. The van der Waals surface area contributed by atoms with Gasteiger partial charge in [0.15, 0.2) is 0 Å². The fourth-order valence-corrected chi connectivity index (χ4v) is 5.01. The van der Waals surface area contributed by atoms with E-state index in [1.54, 1.807) is 17.0 Å². The van der Waals surface area contributed by atoms with Gasteiger partial charge in [0, 0.05) is 36.0 Å². The Balaban J connectivity index is 1.50. The summed E-state index contributed by atoms with van der Waals surface area (Å²) in [4.78, 5) is 39.1. The van der Waals surface area contributed by atoms with Crippen molar-refractivity contribution >= 4 is 57.5 Å². The van der Waals surface area contributed by atoms with Crippen molar-refractivity contribution in [2.24, 2.45) is 5.92 Å². The molecule has 2 aromatic heterocycles. The summed E-state index contributed by atoms with van der Waals surface area (Å²) >= 11 is 7.38. The smallest absolute Gasteiger partial charge is 0.247 e. The lowest BCUT2D eigenvalue weighted by molar-refractivity contribution is -0.150. The molecule has 33 heavy (non-hydrogen) atoms. The number of nitrogens with two attached hydrogens (primary N) is 1. The van der Waals surface area contributed by atoms with E-state index < -0.39 is 6.04 Å². The lowest BCUT2D eigenvalue weighted by Crippen LogP contribution is -2.58. The molecule has 1 aliphatic rings. The van der Waals surface area contributed by atoms with Gasteiger partial charge in [0.1, 0.15) is 18.2 Å². The van der Waals surface area contributed by atoms with Crippen LogP contribution in [0.4, 0.5) is 5.82 Å². The first-order valence-electron chi connectivity index (χ1n) is 10.8. The molecule has 0 saturated carbocycles. The van der Waals surface area contributed by atoms with Crippen LogP contribution < -0.4 is 5.73 Å². The first kappa shape index (κ1) is 23.2. The van der Waals surface area contributed by atoms with Crippen LogP contribution in [0, 0.1) is 5.92 Å². The van der Waals surface area contributed by atoms with Gasteiger partial charge in [-0.2, -0.15) is 0 Å². The number of amides is 2. The number of fused-ring (bicyclic) bond motifs is 1. The molecule has 9 heteroatoms. The number of thiophene rings is 1. The Morgan fingerprint density at radius 3 is 2.82 bits per heavy atom. The minimum Gasteiger partial charge on any atom is -0.383 e. The maximum Gasteiger partial charge on any atom is 0.247 e. The van der Waals surface area contributed by atoms with Crippen LogP contribution in [-0.2, 0) is 16.1 Å². The van der Waals surface area contributed by atoms with Crippen molar-refractivity contribution in [3.8, 4) is 0 Å². The molecule has 1 fully saturated rings. The number of nitrogen functional groups attached to an aromatic ring is 1. The number of carbonyl (C=O) groups is 2. The number of halogens is 1. The summed E-state index contributed by atoms with van der Waals surface area (Å²) in [7, 11) is 0. The molecule has 1 atom stereocenters. The SMILES string of the molecule is CC(C)C[C@H]1C(=O)N(Cc2ccc3c(N)ncnc3c2)CCN1C(=O)C=Cc1ccc(Cl)s1. The highest BCUT2D eigenvalue weighted by Gasteiger charge is 2.36. The van der Waals surface area contributed by atoms with Crippen LogP contribution in [0.2, 0.25) is 4.34 Å². The van der Waals surface area contributed by atoms with E-state index >= 15 is 0 Å². The maximum absolute atomic E-state index is 13.4. The van der Waals surface area contributed by atoms with Gasteiger partial charge in [-0.25, -0.2) is 9.97 Å². The summed E-state index contributed by atoms with van der Waals surface area (Å²) in [6.45, 7) is 5.54. The van der Waals surface area contributed by atoms with Crippen molar-refractivity contribution in [1.82, 2.24) is 19.8 Å². The largest absolute Gasteiger partial charge is 0.383 e. The molecular weight excluding hydrogens is 458 g/mol. The van der Waals surface area contributed by atoms with Gasteiger partial charge in [-0.05, 0) is 48.2 Å². The number of carbonyl (C=O) groups excluding carboxylic acids is 2. The number of piperazine rings is 1. The highest BCUT2D eigenvalue weighted by Crippen LogP contribution is 2.25. The molecule has 0 radical (unpaired) electrons. The molecule has 172 valence electrons. The molecule has 3 aromatic rings. The summed E-state index contributed by atoms with van der Waals surface area (Å²) in [5.74, 6) is 0.522. The van der Waals surface area contributed by atoms with E-state index in [2.05, 4.69) is 23.8 Å². The van der Waals surface area contributed by atoms with E-state index in [1.165, 1.54) is 23.7 Å². The molecule has 0 bridgehead atoms. The number of hydrogen-bond acceptors (Lipinski definition) is 6. The van der Waals surface area contributed by atoms with Crippen LogP contribution in [0.3, 0.4) is 0 Å². The second-order valence-electron chi connectivity index (χ2n) is 8.52. The number of rotatable bonds is 6. The van der Waals surface area contributed by atoms with E-state index in [0.717, 1.165) is 21.3 Å². The van der Waals surface area contributed by atoms with Crippen molar-refractivity contribution in [3.05, 3.63) is 57.5 Å². The number of nitrogens with zero attached hydrogens (tertiary/aromatic N) is 4. The number of anilines is 1. The van der Waals surface area contributed by atoms with Gasteiger partial charge < -0.3 is 15.5 Å². The standard InChI is InChI=1S/C24H26ClN5O2S/c1-15(2)11-20-24(32)29(13-16-3-6-18-19(12-16)27-14-28-23(18)26)9-10-30(20)22(31)8-5-17-4-7-21(25)33-17/h3-8,12,14-15,20H,9-11,13H2,1-2H3,(H2,26,27,28)/t20-/m0/s1. The lowest BCUT2D eigenvalue weighted by Gasteiger charge is -2.41. The average Bonchev–Trinajstić information content (AvgIpc) is 3.20. The third-order valence-electron chi connectivity index (χ3n) is 5.65. The lowest BCUT2D eigenvalue weighted by atomic mass is 9.98. The van der Waals surface area contributed by atoms with Gasteiger partial charge in [-0.3, -0.25) is 9.59 Å². The van der Waals surface area contributed by atoms with E-state index in [1.807, 2.05) is 29.2 Å². The van der Waals surface area contributed by atoms with Crippen molar-refractivity contribution in [2.75, 3.05) is 18.8 Å². The van der Waals surface area contributed by atoms with E-state index in [4.69, 9.17) is 17.3 Å². The fraction of sp³-hybridized carbons (Fsp3) is 0.333. The van der Waals surface area contributed by atoms with Crippen molar-refractivity contribution < 1.29 is 9.59 Å². The summed E-state index contributed by atoms with van der Waals surface area (Å²) in [6.07, 6.45) is 5.34. The Labute approximate surface area is 201 Å². The molecule has 4 rings (SSSR count). The van der Waals surface area contributed by atoms with Crippen LogP contribution in [0.25, 0.3) is 17.0 Å². The Morgan fingerprint density at radius 1 is 1.27 bits per heavy atom. The summed E-state index contributed by atoms with van der Waals surface area (Å²) in [5, 5.41) is 0.791. The van der Waals surface area contributed by atoms with Crippen molar-refractivity contribution in [1.29, 1.82) is 0 Å². The van der Waals surface area contributed by atoms with Gasteiger partial charge in [-0.1, -0.05) is 31.5 Å². The number of benzene rings is 1. The predicted octanol–water partition coefficient (Wildman–Crippen LogP) is 4.23. The van der Waals surface area contributed by atoms with Crippen LogP contribution in [0.5, 0.6) is 0 Å². The van der Waals surface area contributed by atoms with Crippen molar-refractivity contribution in [3.63, 3.8) is 0 Å². The molecule has 0 unspecified atom stereocenters.